The van der Waals surface area contributed by atoms with Crippen molar-refractivity contribution < 1.29 is 4.79 Å². The summed E-state index contributed by atoms with van der Waals surface area (Å²) >= 11 is 1.25. The second-order valence-corrected chi connectivity index (χ2v) is 5.36. The summed E-state index contributed by atoms with van der Waals surface area (Å²) in [6, 6.07) is -0.0739. The van der Waals surface area contributed by atoms with Gasteiger partial charge in [-0.05, 0) is 19.4 Å². The molecule has 1 amide bonds. The number of hydrogen-bond acceptors (Lipinski definition) is 5. The zero-order chi connectivity index (χ0) is 12.3. The third-order valence-electron chi connectivity index (χ3n) is 2.82. The molecule has 2 N–H and O–H groups in total. The summed E-state index contributed by atoms with van der Waals surface area (Å²) < 4.78 is 4.21. The van der Waals surface area contributed by atoms with Crippen molar-refractivity contribution >= 4 is 22.6 Å². The molecule has 5 nitrogen and oxygen atoms in total. The zero-order valence-corrected chi connectivity index (χ0v) is 11.0. The van der Waals surface area contributed by atoms with Crippen molar-refractivity contribution in [2.45, 2.75) is 45.1 Å². The fraction of sp³-hybridized carbons (Fsp3) is 0.727. The maximum Gasteiger partial charge on any atom is 0.243 e. The molecule has 1 saturated heterocycles. The van der Waals surface area contributed by atoms with Crippen molar-refractivity contribution in [3.63, 3.8) is 0 Å². The predicted molar refractivity (Wildman–Crippen MR) is 68.3 cm³/mol. The first kappa shape index (κ1) is 12.4. The van der Waals surface area contributed by atoms with E-state index in [1.807, 2.05) is 13.8 Å². The first-order valence-corrected chi connectivity index (χ1v) is 6.82. The van der Waals surface area contributed by atoms with Crippen LogP contribution in [0.25, 0.3) is 0 Å². The van der Waals surface area contributed by atoms with E-state index in [1.54, 1.807) is 0 Å². The van der Waals surface area contributed by atoms with Crippen LogP contribution in [0, 0.1) is 0 Å². The van der Waals surface area contributed by atoms with E-state index < -0.39 is 0 Å². The molecule has 0 aliphatic carbocycles. The lowest BCUT2D eigenvalue weighted by atomic mass is 10.0. The van der Waals surface area contributed by atoms with Crippen LogP contribution in [0.1, 0.15) is 44.9 Å². The lowest BCUT2D eigenvalue weighted by Crippen LogP contribution is -2.43. The van der Waals surface area contributed by atoms with E-state index in [-0.39, 0.29) is 11.9 Å². The van der Waals surface area contributed by atoms with Crippen molar-refractivity contribution in [3.8, 4) is 0 Å². The van der Waals surface area contributed by atoms with Crippen LogP contribution in [0.2, 0.25) is 0 Å². The standard InChI is InChI=1S/C11H18N4OS/c1-7(2)9-13-11(17-15-9)14-10(16)8-5-3-4-6-12-8/h7-8,12H,3-6H2,1-2H3,(H,13,14,15,16)/t8-/m0/s1. The first-order valence-electron chi connectivity index (χ1n) is 6.04. The number of aromatic nitrogens is 2. The van der Waals surface area contributed by atoms with E-state index in [1.165, 1.54) is 11.5 Å². The molecular formula is C11H18N4OS. The van der Waals surface area contributed by atoms with Crippen LogP contribution >= 0.6 is 11.5 Å². The minimum atomic E-state index is -0.0739. The molecule has 0 aromatic carbocycles. The number of nitrogens with zero attached hydrogens (tertiary/aromatic N) is 2. The molecule has 0 unspecified atom stereocenters. The summed E-state index contributed by atoms with van der Waals surface area (Å²) in [5.41, 5.74) is 0. The van der Waals surface area contributed by atoms with Gasteiger partial charge in [-0.3, -0.25) is 10.1 Å². The Morgan fingerprint density at radius 2 is 2.35 bits per heavy atom. The number of amides is 1. The molecular weight excluding hydrogens is 236 g/mol. The first-order chi connectivity index (χ1) is 8.16. The van der Waals surface area contributed by atoms with E-state index in [2.05, 4.69) is 20.0 Å². The summed E-state index contributed by atoms with van der Waals surface area (Å²) in [7, 11) is 0. The van der Waals surface area contributed by atoms with Crippen molar-refractivity contribution in [1.82, 2.24) is 14.7 Å². The second-order valence-electron chi connectivity index (χ2n) is 4.60. The van der Waals surface area contributed by atoms with Crippen LogP contribution in [0.3, 0.4) is 0 Å². The van der Waals surface area contributed by atoms with Crippen molar-refractivity contribution in [3.05, 3.63) is 5.82 Å². The monoisotopic (exact) mass is 254 g/mol. The summed E-state index contributed by atoms with van der Waals surface area (Å²) in [5, 5.41) is 6.65. The van der Waals surface area contributed by atoms with Gasteiger partial charge in [-0.25, -0.2) is 4.98 Å². The van der Waals surface area contributed by atoms with Gasteiger partial charge >= 0.3 is 0 Å². The van der Waals surface area contributed by atoms with Crippen LogP contribution in [0.15, 0.2) is 0 Å². The van der Waals surface area contributed by atoms with Crippen LogP contribution in [-0.2, 0) is 4.79 Å². The van der Waals surface area contributed by atoms with Crippen LogP contribution in [0.4, 0.5) is 5.13 Å². The molecule has 0 bridgehead atoms. The van der Waals surface area contributed by atoms with Gasteiger partial charge in [0.2, 0.25) is 11.0 Å². The molecule has 1 aromatic heterocycles. The van der Waals surface area contributed by atoms with Crippen molar-refractivity contribution in [1.29, 1.82) is 0 Å². The van der Waals surface area contributed by atoms with E-state index in [4.69, 9.17) is 0 Å². The molecule has 1 aromatic rings. The Kier molecular flexibility index (Phi) is 4.06. The van der Waals surface area contributed by atoms with Crippen molar-refractivity contribution in [2.75, 3.05) is 11.9 Å². The summed E-state index contributed by atoms with van der Waals surface area (Å²) in [5.74, 6) is 1.10. The number of anilines is 1. The van der Waals surface area contributed by atoms with E-state index in [9.17, 15) is 4.79 Å². The molecule has 1 atom stereocenters. The summed E-state index contributed by atoms with van der Waals surface area (Å²) in [4.78, 5) is 16.2. The quantitative estimate of drug-likeness (QED) is 0.862. The number of rotatable bonds is 3. The van der Waals surface area contributed by atoms with Crippen molar-refractivity contribution in [2.24, 2.45) is 0 Å². The highest BCUT2D eigenvalue weighted by Gasteiger charge is 2.21. The second kappa shape index (κ2) is 5.55. The third-order valence-corrected chi connectivity index (χ3v) is 3.46. The highest BCUT2D eigenvalue weighted by molar-refractivity contribution is 7.09. The smallest absolute Gasteiger partial charge is 0.243 e. The molecule has 1 aliphatic rings. The molecule has 0 saturated carbocycles. The van der Waals surface area contributed by atoms with Crippen LogP contribution in [0.5, 0.6) is 0 Å². The lowest BCUT2D eigenvalue weighted by molar-refractivity contribution is -0.118. The van der Waals surface area contributed by atoms with Gasteiger partial charge in [0.05, 0.1) is 6.04 Å². The minimum Gasteiger partial charge on any atom is -0.306 e. The lowest BCUT2D eigenvalue weighted by Gasteiger charge is -2.21. The Balaban J connectivity index is 1.92. The number of carbonyl (C=O) groups is 1. The molecule has 1 fully saturated rings. The van der Waals surface area contributed by atoms with Gasteiger partial charge in [0, 0.05) is 17.5 Å². The maximum atomic E-state index is 11.9. The van der Waals surface area contributed by atoms with E-state index >= 15 is 0 Å². The molecule has 6 heteroatoms. The van der Waals surface area contributed by atoms with Gasteiger partial charge in [-0.15, -0.1) is 0 Å². The van der Waals surface area contributed by atoms with Gasteiger partial charge in [0.25, 0.3) is 0 Å². The highest BCUT2D eigenvalue weighted by Crippen LogP contribution is 2.18. The summed E-state index contributed by atoms with van der Waals surface area (Å²) in [6.45, 7) is 5.00. The minimum absolute atomic E-state index is 0.0103. The largest absolute Gasteiger partial charge is 0.306 e. The number of hydrogen-bond donors (Lipinski definition) is 2. The fourth-order valence-corrected chi connectivity index (χ4v) is 2.50. The van der Waals surface area contributed by atoms with Gasteiger partial charge < -0.3 is 5.32 Å². The Hall–Kier alpha value is -1.01. The molecule has 2 heterocycles. The van der Waals surface area contributed by atoms with Gasteiger partial charge in [0.1, 0.15) is 5.82 Å². The van der Waals surface area contributed by atoms with E-state index in [0.29, 0.717) is 11.0 Å². The topological polar surface area (TPSA) is 66.9 Å². The average Bonchev–Trinajstić information content (AvgIpc) is 2.79. The summed E-state index contributed by atoms with van der Waals surface area (Å²) in [6.07, 6.45) is 3.17. The van der Waals surface area contributed by atoms with Crippen LogP contribution < -0.4 is 10.6 Å². The molecule has 94 valence electrons. The number of nitrogens with one attached hydrogen (secondary N) is 2. The maximum absolute atomic E-state index is 11.9. The average molecular weight is 254 g/mol. The Morgan fingerprint density at radius 3 is 2.94 bits per heavy atom. The van der Waals surface area contributed by atoms with Gasteiger partial charge in [0.15, 0.2) is 0 Å². The molecule has 0 radical (unpaired) electrons. The Labute approximate surface area is 105 Å². The normalized spacial score (nSPS) is 20.5. The molecule has 2 rings (SSSR count). The van der Waals surface area contributed by atoms with Gasteiger partial charge in [-0.1, -0.05) is 20.3 Å². The Morgan fingerprint density at radius 1 is 1.53 bits per heavy atom. The molecule has 0 spiro atoms. The van der Waals surface area contributed by atoms with Gasteiger partial charge in [-0.2, -0.15) is 4.37 Å². The predicted octanol–water partition coefficient (Wildman–Crippen LogP) is 1.74. The molecule has 1 aliphatic heterocycles. The van der Waals surface area contributed by atoms with E-state index in [0.717, 1.165) is 31.6 Å². The molecule has 17 heavy (non-hydrogen) atoms. The fourth-order valence-electron chi connectivity index (χ4n) is 1.79. The third kappa shape index (κ3) is 3.23. The SMILES string of the molecule is CC(C)c1nsc(NC(=O)[C@@H]2CCCCN2)n1. The van der Waals surface area contributed by atoms with Crippen LogP contribution in [-0.4, -0.2) is 27.9 Å². The zero-order valence-electron chi connectivity index (χ0n) is 10.2. The number of piperidine rings is 1. The Bertz CT molecular complexity index is 385. The highest BCUT2D eigenvalue weighted by atomic mass is 32.1. The number of carbonyl (C=O) groups excluding carboxylic acids is 1.